The van der Waals surface area contributed by atoms with Gasteiger partial charge in [-0.05, 0) is 19.3 Å². The molecule has 0 aliphatic carbocycles. The van der Waals surface area contributed by atoms with Crippen LogP contribution in [-0.2, 0) is 0 Å². The first-order valence-electron chi connectivity index (χ1n) is 16.5. The van der Waals surface area contributed by atoms with Crippen molar-refractivity contribution in [2.75, 3.05) is 13.1 Å². The minimum absolute atomic E-state index is 0.635. The first-order valence-corrected chi connectivity index (χ1v) is 16.5. The van der Waals surface area contributed by atoms with Crippen LogP contribution in [0.25, 0.3) is 0 Å². The summed E-state index contributed by atoms with van der Waals surface area (Å²) in [7, 11) is 0. The van der Waals surface area contributed by atoms with E-state index < -0.39 is 0 Å². The highest BCUT2D eigenvalue weighted by Gasteiger charge is 2.24. The Morgan fingerprint density at radius 3 is 0.943 bits per heavy atom. The topological polar surface area (TPSA) is 6.48 Å². The lowest BCUT2D eigenvalue weighted by Gasteiger charge is -2.33. The molecule has 2 nitrogen and oxygen atoms in total. The van der Waals surface area contributed by atoms with Crippen LogP contribution < -0.4 is 0 Å². The molecule has 0 bridgehead atoms. The van der Waals surface area contributed by atoms with Crippen molar-refractivity contribution in [2.24, 2.45) is 0 Å². The highest BCUT2D eigenvalue weighted by molar-refractivity contribution is 4.96. The van der Waals surface area contributed by atoms with Gasteiger partial charge in [0.25, 0.3) is 0 Å². The smallest absolute Gasteiger partial charge is 0.101 e. The standard InChI is InChI=1S/C33H66N2/c1-4-7-9-11-13-15-17-18-19-21-23-25-27-30-35-32-31-34(33(35)28-6-3)29-26-24-22-20-16-14-12-10-8-5-2/h31-33H,4-30H2,1-3H3. The molecule has 0 saturated heterocycles. The summed E-state index contributed by atoms with van der Waals surface area (Å²) in [6.45, 7) is 9.47. The van der Waals surface area contributed by atoms with Gasteiger partial charge >= 0.3 is 0 Å². The molecule has 0 N–H and O–H groups in total. The molecule has 0 aromatic heterocycles. The zero-order valence-electron chi connectivity index (χ0n) is 24.7. The van der Waals surface area contributed by atoms with Gasteiger partial charge in [-0.3, -0.25) is 0 Å². The summed E-state index contributed by atoms with van der Waals surface area (Å²) in [5.41, 5.74) is 0. The first kappa shape index (κ1) is 32.4. The summed E-state index contributed by atoms with van der Waals surface area (Å²) in [6, 6.07) is 0. The molecular formula is C33H66N2. The predicted octanol–water partition coefficient (Wildman–Crippen LogP) is 11.2. The summed E-state index contributed by atoms with van der Waals surface area (Å²) in [4.78, 5) is 5.30. The summed E-state index contributed by atoms with van der Waals surface area (Å²) in [5, 5.41) is 0. The highest BCUT2D eigenvalue weighted by Crippen LogP contribution is 2.22. The molecule has 1 atom stereocenters. The molecule has 1 aliphatic heterocycles. The van der Waals surface area contributed by atoms with Crippen LogP contribution >= 0.6 is 0 Å². The molecule has 0 fully saturated rings. The molecule has 208 valence electrons. The fourth-order valence-corrected chi connectivity index (χ4v) is 5.69. The number of unbranched alkanes of at least 4 members (excludes halogenated alkanes) is 21. The Labute approximate surface area is 222 Å². The van der Waals surface area contributed by atoms with Crippen LogP contribution in [0.5, 0.6) is 0 Å². The maximum atomic E-state index is 2.65. The number of hydrogen-bond acceptors (Lipinski definition) is 2. The minimum Gasteiger partial charge on any atom is -0.356 e. The van der Waals surface area contributed by atoms with Gasteiger partial charge < -0.3 is 9.80 Å². The Morgan fingerprint density at radius 1 is 0.371 bits per heavy atom. The Balaban J connectivity index is 1.99. The quantitative estimate of drug-likeness (QED) is 0.106. The van der Waals surface area contributed by atoms with E-state index in [0.717, 1.165) is 0 Å². The van der Waals surface area contributed by atoms with E-state index in [-0.39, 0.29) is 0 Å². The predicted molar refractivity (Wildman–Crippen MR) is 159 cm³/mol. The van der Waals surface area contributed by atoms with Crippen LogP contribution in [0.2, 0.25) is 0 Å². The second-order valence-corrected chi connectivity index (χ2v) is 11.5. The summed E-state index contributed by atoms with van der Waals surface area (Å²) in [6.07, 6.45) is 41.1. The first-order chi connectivity index (χ1) is 17.3. The molecule has 1 aliphatic rings. The van der Waals surface area contributed by atoms with Crippen molar-refractivity contribution < 1.29 is 0 Å². The SMILES string of the molecule is CCCCCCCCCCCCCCCN1C=CN(CCCCCCCCCCCC)C1CCC. The lowest BCUT2D eigenvalue weighted by molar-refractivity contribution is 0.138. The Kier molecular flexibility index (Phi) is 23.1. The lowest BCUT2D eigenvalue weighted by atomic mass is 10.0. The molecule has 1 unspecified atom stereocenters. The molecular weight excluding hydrogens is 424 g/mol. The monoisotopic (exact) mass is 491 g/mol. The summed E-state index contributed by atoms with van der Waals surface area (Å²) in [5.74, 6) is 0. The third kappa shape index (κ3) is 18.3. The van der Waals surface area contributed by atoms with E-state index in [0.29, 0.717) is 6.17 Å². The van der Waals surface area contributed by atoms with Crippen LogP contribution in [-0.4, -0.2) is 29.1 Å². The average molecular weight is 491 g/mol. The number of hydrogen-bond donors (Lipinski definition) is 0. The number of rotatable bonds is 27. The molecule has 0 saturated carbocycles. The van der Waals surface area contributed by atoms with Crippen LogP contribution in [0.15, 0.2) is 12.4 Å². The van der Waals surface area contributed by atoms with Crippen molar-refractivity contribution in [2.45, 2.75) is 187 Å². The van der Waals surface area contributed by atoms with Crippen molar-refractivity contribution in [3.8, 4) is 0 Å². The van der Waals surface area contributed by atoms with Gasteiger partial charge in [-0.25, -0.2) is 0 Å². The van der Waals surface area contributed by atoms with Crippen LogP contribution in [0.4, 0.5) is 0 Å². The fourth-order valence-electron chi connectivity index (χ4n) is 5.69. The molecule has 0 amide bonds. The molecule has 0 spiro atoms. The highest BCUT2D eigenvalue weighted by atomic mass is 15.4. The van der Waals surface area contributed by atoms with Gasteiger partial charge in [-0.15, -0.1) is 0 Å². The fraction of sp³-hybridized carbons (Fsp3) is 0.939. The van der Waals surface area contributed by atoms with Gasteiger partial charge in [0, 0.05) is 25.5 Å². The molecule has 0 radical (unpaired) electrons. The lowest BCUT2D eigenvalue weighted by Crippen LogP contribution is -2.39. The maximum Gasteiger partial charge on any atom is 0.101 e. The van der Waals surface area contributed by atoms with Gasteiger partial charge in [0.2, 0.25) is 0 Å². The Bertz CT molecular complexity index is 446. The van der Waals surface area contributed by atoms with E-state index in [2.05, 4.69) is 43.0 Å². The van der Waals surface area contributed by atoms with E-state index in [1.807, 2.05) is 0 Å². The molecule has 35 heavy (non-hydrogen) atoms. The summed E-state index contributed by atoms with van der Waals surface area (Å²) >= 11 is 0. The maximum absolute atomic E-state index is 2.65. The van der Waals surface area contributed by atoms with E-state index in [4.69, 9.17) is 0 Å². The molecule has 0 aromatic carbocycles. The third-order valence-corrected chi connectivity index (χ3v) is 8.05. The van der Waals surface area contributed by atoms with E-state index >= 15 is 0 Å². The molecule has 1 rings (SSSR count). The van der Waals surface area contributed by atoms with Crippen LogP contribution in [0.1, 0.15) is 181 Å². The normalized spacial score (nSPS) is 15.6. The minimum atomic E-state index is 0.635. The van der Waals surface area contributed by atoms with Gasteiger partial charge in [-0.1, -0.05) is 162 Å². The number of nitrogens with zero attached hydrogens (tertiary/aromatic N) is 2. The van der Waals surface area contributed by atoms with E-state index in [1.165, 1.54) is 174 Å². The second-order valence-electron chi connectivity index (χ2n) is 11.5. The van der Waals surface area contributed by atoms with Crippen LogP contribution in [0, 0.1) is 0 Å². The molecule has 1 heterocycles. The average Bonchev–Trinajstić information content (AvgIpc) is 3.24. The van der Waals surface area contributed by atoms with Crippen molar-refractivity contribution in [3.63, 3.8) is 0 Å². The molecule has 0 aromatic rings. The zero-order valence-corrected chi connectivity index (χ0v) is 24.7. The van der Waals surface area contributed by atoms with Gasteiger partial charge in [0.1, 0.15) is 6.17 Å². The summed E-state index contributed by atoms with van der Waals surface area (Å²) < 4.78 is 0. The molecule has 2 heteroatoms. The van der Waals surface area contributed by atoms with Crippen molar-refractivity contribution in [3.05, 3.63) is 12.4 Å². The Hall–Kier alpha value is -0.660. The van der Waals surface area contributed by atoms with Crippen molar-refractivity contribution in [1.82, 2.24) is 9.80 Å². The van der Waals surface area contributed by atoms with E-state index in [1.54, 1.807) is 0 Å². The van der Waals surface area contributed by atoms with E-state index in [9.17, 15) is 0 Å². The Morgan fingerprint density at radius 2 is 0.657 bits per heavy atom. The largest absolute Gasteiger partial charge is 0.356 e. The van der Waals surface area contributed by atoms with Gasteiger partial charge in [-0.2, -0.15) is 0 Å². The van der Waals surface area contributed by atoms with Crippen molar-refractivity contribution in [1.29, 1.82) is 0 Å². The van der Waals surface area contributed by atoms with Gasteiger partial charge in [0.15, 0.2) is 0 Å². The van der Waals surface area contributed by atoms with Crippen LogP contribution in [0.3, 0.4) is 0 Å². The van der Waals surface area contributed by atoms with Crippen molar-refractivity contribution >= 4 is 0 Å². The zero-order chi connectivity index (χ0) is 25.2. The second kappa shape index (κ2) is 25.0. The third-order valence-electron chi connectivity index (χ3n) is 8.05. The van der Waals surface area contributed by atoms with Gasteiger partial charge in [0.05, 0.1) is 0 Å².